The molecule has 1 amide bonds. The Labute approximate surface area is 89.1 Å². The van der Waals surface area contributed by atoms with Crippen molar-refractivity contribution in [2.45, 2.75) is 26.4 Å². The van der Waals surface area contributed by atoms with Gasteiger partial charge in [0.2, 0.25) is 0 Å². The van der Waals surface area contributed by atoms with E-state index in [9.17, 15) is 9.90 Å². The van der Waals surface area contributed by atoms with Crippen molar-refractivity contribution in [2.24, 2.45) is 0 Å². The van der Waals surface area contributed by atoms with Crippen LogP contribution in [0.25, 0.3) is 0 Å². The first-order valence-electron chi connectivity index (χ1n) is 4.79. The number of aromatic nitrogens is 2. The number of likely N-dealkylation sites (N-methyl/N-ethyl adjacent to an activating group) is 1. The molecule has 0 unspecified atom stereocenters. The first-order chi connectivity index (χ1) is 6.79. The summed E-state index contributed by atoms with van der Waals surface area (Å²) in [6.07, 6.45) is 0. The predicted octanol–water partition coefficient (Wildman–Crippen LogP) is 0.561. The fourth-order valence-electron chi connectivity index (χ4n) is 1.38. The van der Waals surface area contributed by atoms with E-state index in [0.29, 0.717) is 5.69 Å². The summed E-state index contributed by atoms with van der Waals surface area (Å²) in [6, 6.07) is 1.68. The summed E-state index contributed by atoms with van der Waals surface area (Å²) >= 11 is 0. The summed E-state index contributed by atoms with van der Waals surface area (Å²) in [5.74, 6) is -0.193. The van der Waals surface area contributed by atoms with E-state index >= 15 is 0 Å². The lowest BCUT2D eigenvalue weighted by atomic mass is 10.1. The van der Waals surface area contributed by atoms with E-state index in [0.717, 1.165) is 5.69 Å². The van der Waals surface area contributed by atoms with Gasteiger partial charge in [0.15, 0.2) is 0 Å². The van der Waals surface area contributed by atoms with Crippen molar-refractivity contribution in [3.63, 3.8) is 0 Å². The van der Waals surface area contributed by atoms with Gasteiger partial charge in [0.05, 0.1) is 5.60 Å². The highest BCUT2D eigenvalue weighted by atomic mass is 16.3. The molecule has 0 fully saturated rings. The van der Waals surface area contributed by atoms with E-state index in [4.69, 9.17) is 0 Å². The Morgan fingerprint density at radius 1 is 1.67 bits per heavy atom. The van der Waals surface area contributed by atoms with Gasteiger partial charge >= 0.3 is 0 Å². The van der Waals surface area contributed by atoms with Crippen molar-refractivity contribution in [2.75, 3.05) is 13.6 Å². The third-order valence-electron chi connectivity index (χ3n) is 1.90. The molecular formula is C10H17N3O2. The smallest absolute Gasteiger partial charge is 0.274 e. The van der Waals surface area contributed by atoms with Gasteiger partial charge in [-0.25, -0.2) is 0 Å². The molecular weight excluding hydrogens is 194 g/mol. The van der Waals surface area contributed by atoms with Crippen molar-refractivity contribution >= 4 is 5.91 Å². The number of aliphatic hydroxyl groups is 1. The largest absolute Gasteiger partial charge is 0.389 e. The Bertz CT molecular complexity index is 352. The van der Waals surface area contributed by atoms with Crippen LogP contribution in [0.2, 0.25) is 0 Å². The van der Waals surface area contributed by atoms with Crippen molar-refractivity contribution in [3.05, 3.63) is 17.5 Å². The van der Waals surface area contributed by atoms with Gasteiger partial charge in [-0.05, 0) is 26.8 Å². The number of carbonyl (C=O) groups is 1. The molecule has 15 heavy (non-hydrogen) atoms. The summed E-state index contributed by atoms with van der Waals surface area (Å²) in [6.45, 7) is 5.43. The Morgan fingerprint density at radius 3 is 2.67 bits per heavy atom. The van der Waals surface area contributed by atoms with Gasteiger partial charge in [0, 0.05) is 19.3 Å². The number of nitrogens with zero attached hydrogens (tertiary/aromatic N) is 2. The van der Waals surface area contributed by atoms with E-state index in [2.05, 4.69) is 10.2 Å². The van der Waals surface area contributed by atoms with Crippen LogP contribution in [0.3, 0.4) is 0 Å². The SMILES string of the molecule is Cc1cc(C(=O)N(C)CC(C)(C)O)n[nH]1. The fraction of sp³-hybridized carbons (Fsp3) is 0.600. The monoisotopic (exact) mass is 211 g/mol. The number of hydrogen-bond donors (Lipinski definition) is 2. The Hall–Kier alpha value is -1.36. The maximum Gasteiger partial charge on any atom is 0.274 e. The molecule has 0 bridgehead atoms. The standard InChI is InChI=1S/C10H17N3O2/c1-7-5-8(12-11-7)9(14)13(4)6-10(2,3)15/h5,15H,6H2,1-4H3,(H,11,12). The molecule has 0 aliphatic heterocycles. The number of H-pyrrole nitrogens is 1. The average molecular weight is 211 g/mol. The molecule has 0 radical (unpaired) electrons. The van der Waals surface area contributed by atoms with Crippen molar-refractivity contribution < 1.29 is 9.90 Å². The highest BCUT2D eigenvalue weighted by Gasteiger charge is 2.21. The van der Waals surface area contributed by atoms with Gasteiger partial charge in [-0.1, -0.05) is 0 Å². The number of carbonyl (C=O) groups excluding carboxylic acids is 1. The van der Waals surface area contributed by atoms with Crippen LogP contribution in [0.4, 0.5) is 0 Å². The van der Waals surface area contributed by atoms with Crippen LogP contribution in [-0.2, 0) is 0 Å². The van der Waals surface area contributed by atoms with Gasteiger partial charge in [0.1, 0.15) is 5.69 Å². The van der Waals surface area contributed by atoms with Gasteiger partial charge in [-0.2, -0.15) is 5.10 Å². The number of amides is 1. The van der Waals surface area contributed by atoms with E-state index in [1.807, 2.05) is 6.92 Å². The minimum absolute atomic E-state index is 0.193. The van der Waals surface area contributed by atoms with E-state index in [1.54, 1.807) is 27.0 Å². The zero-order chi connectivity index (χ0) is 11.6. The Morgan fingerprint density at radius 2 is 2.27 bits per heavy atom. The number of aryl methyl sites for hydroxylation is 1. The minimum Gasteiger partial charge on any atom is -0.389 e. The average Bonchev–Trinajstić information content (AvgIpc) is 2.47. The second-order valence-electron chi connectivity index (χ2n) is 4.41. The minimum atomic E-state index is -0.893. The molecule has 1 aromatic heterocycles. The Kier molecular flexibility index (Phi) is 3.14. The molecule has 2 N–H and O–H groups in total. The lowest BCUT2D eigenvalue weighted by Crippen LogP contribution is -2.39. The summed E-state index contributed by atoms with van der Waals surface area (Å²) in [4.78, 5) is 13.2. The number of nitrogens with one attached hydrogen (secondary N) is 1. The number of aromatic amines is 1. The topological polar surface area (TPSA) is 69.2 Å². The van der Waals surface area contributed by atoms with Crippen LogP contribution in [0.15, 0.2) is 6.07 Å². The maximum atomic E-state index is 11.8. The fourth-order valence-corrected chi connectivity index (χ4v) is 1.38. The lowest BCUT2D eigenvalue weighted by molar-refractivity contribution is 0.0365. The zero-order valence-electron chi connectivity index (χ0n) is 9.53. The summed E-state index contributed by atoms with van der Waals surface area (Å²) < 4.78 is 0. The quantitative estimate of drug-likeness (QED) is 0.767. The van der Waals surface area contributed by atoms with Gasteiger partial charge in [-0.15, -0.1) is 0 Å². The van der Waals surface area contributed by atoms with Crippen molar-refractivity contribution in [1.29, 1.82) is 0 Å². The molecule has 0 atom stereocenters. The first kappa shape index (κ1) is 11.7. The lowest BCUT2D eigenvalue weighted by Gasteiger charge is -2.24. The number of hydrogen-bond acceptors (Lipinski definition) is 3. The predicted molar refractivity (Wildman–Crippen MR) is 56.6 cm³/mol. The third-order valence-corrected chi connectivity index (χ3v) is 1.90. The van der Waals surface area contributed by atoms with Crippen molar-refractivity contribution in [1.82, 2.24) is 15.1 Å². The van der Waals surface area contributed by atoms with E-state index in [1.165, 1.54) is 4.90 Å². The maximum absolute atomic E-state index is 11.8. The first-order valence-corrected chi connectivity index (χ1v) is 4.79. The van der Waals surface area contributed by atoms with Crippen LogP contribution in [0.1, 0.15) is 30.0 Å². The summed E-state index contributed by atoms with van der Waals surface area (Å²) in [5, 5.41) is 16.1. The molecule has 1 heterocycles. The normalized spacial score (nSPS) is 11.5. The van der Waals surface area contributed by atoms with Crippen LogP contribution in [0.5, 0.6) is 0 Å². The highest BCUT2D eigenvalue weighted by molar-refractivity contribution is 5.92. The molecule has 0 aliphatic carbocycles. The molecule has 0 saturated heterocycles. The van der Waals surface area contributed by atoms with E-state index < -0.39 is 5.60 Å². The molecule has 84 valence electrons. The highest BCUT2D eigenvalue weighted by Crippen LogP contribution is 2.07. The summed E-state index contributed by atoms with van der Waals surface area (Å²) in [5.41, 5.74) is 0.324. The molecule has 1 aromatic rings. The third kappa shape index (κ3) is 3.36. The van der Waals surface area contributed by atoms with Crippen molar-refractivity contribution in [3.8, 4) is 0 Å². The van der Waals surface area contributed by atoms with Crippen LogP contribution >= 0.6 is 0 Å². The second-order valence-corrected chi connectivity index (χ2v) is 4.41. The molecule has 0 spiro atoms. The molecule has 5 nitrogen and oxygen atoms in total. The van der Waals surface area contributed by atoms with Gasteiger partial charge in [-0.3, -0.25) is 9.89 Å². The molecule has 5 heteroatoms. The van der Waals surface area contributed by atoms with Crippen LogP contribution in [-0.4, -0.2) is 45.3 Å². The van der Waals surface area contributed by atoms with Gasteiger partial charge < -0.3 is 10.0 Å². The molecule has 0 aromatic carbocycles. The molecule has 1 rings (SSSR count). The number of rotatable bonds is 3. The summed E-state index contributed by atoms with van der Waals surface area (Å²) in [7, 11) is 1.64. The van der Waals surface area contributed by atoms with E-state index in [-0.39, 0.29) is 12.5 Å². The molecule has 0 saturated carbocycles. The van der Waals surface area contributed by atoms with Crippen LogP contribution in [0, 0.1) is 6.92 Å². The zero-order valence-corrected chi connectivity index (χ0v) is 9.53. The van der Waals surface area contributed by atoms with Crippen LogP contribution < -0.4 is 0 Å². The van der Waals surface area contributed by atoms with Gasteiger partial charge in [0.25, 0.3) is 5.91 Å². The second kappa shape index (κ2) is 4.02. The Balaban J connectivity index is 2.69. The molecule has 0 aliphatic rings.